The second-order valence-electron chi connectivity index (χ2n) is 3.14. The van der Waals surface area contributed by atoms with Crippen LogP contribution in [0.3, 0.4) is 0 Å². The summed E-state index contributed by atoms with van der Waals surface area (Å²) in [4.78, 5) is 0. The molecular formula is C8H18. The molecule has 0 rings (SSSR count). The van der Waals surface area contributed by atoms with E-state index in [4.69, 9.17) is 0 Å². The molecule has 0 N–H and O–H groups in total. The lowest BCUT2D eigenvalue weighted by atomic mass is 9.97. The van der Waals surface area contributed by atoms with E-state index >= 15 is 0 Å². The van der Waals surface area contributed by atoms with E-state index in [0.29, 0.717) is 0 Å². The molecule has 0 fully saturated rings. The average Bonchev–Trinajstić information content (AvgIpc) is 1.65. The highest BCUT2D eigenvalue weighted by Crippen LogP contribution is 2.12. The lowest BCUT2D eigenvalue weighted by molar-refractivity contribution is 0.429. The normalized spacial score (nSPS) is 14.6. The number of hydrogen-bond acceptors (Lipinski definition) is 0. The highest BCUT2D eigenvalue weighted by molar-refractivity contribution is 4.52. The van der Waals surface area contributed by atoms with Crippen LogP contribution in [0.4, 0.5) is 0 Å². The van der Waals surface area contributed by atoms with Gasteiger partial charge >= 0.3 is 0 Å². The fraction of sp³-hybridized carbons (Fsp3) is 1.00. The van der Waals surface area contributed by atoms with Gasteiger partial charge in [-0.3, -0.25) is 0 Å². The maximum atomic E-state index is 2.32. The van der Waals surface area contributed by atoms with Gasteiger partial charge in [-0.1, -0.05) is 34.1 Å². The highest BCUT2D eigenvalue weighted by Gasteiger charge is 2.00. The largest absolute Gasteiger partial charge is 0.0651 e. The van der Waals surface area contributed by atoms with Crippen LogP contribution in [-0.4, -0.2) is 0 Å². The second kappa shape index (κ2) is 3.94. The van der Waals surface area contributed by atoms with Gasteiger partial charge in [0.2, 0.25) is 0 Å². The second-order valence-corrected chi connectivity index (χ2v) is 3.14. The Hall–Kier alpha value is 0. The van der Waals surface area contributed by atoms with Crippen LogP contribution < -0.4 is 0 Å². The van der Waals surface area contributed by atoms with Gasteiger partial charge < -0.3 is 0 Å². The fourth-order valence-electron chi connectivity index (χ4n) is 0.971. The highest BCUT2D eigenvalue weighted by atomic mass is 14.1. The van der Waals surface area contributed by atoms with Crippen molar-refractivity contribution < 1.29 is 0 Å². The van der Waals surface area contributed by atoms with Crippen LogP contribution in [0.2, 0.25) is 0 Å². The monoisotopic (exact) mass is 114 g/mol. The summed E-state index contributed by atoms with van der Waals surface area (Å²) in [5.41, 5.74) is 0. The third-order valence-corrected chi connectivity index (χ3v) is 1.57. The minimum absolute atomic E-state index is 0.880. The minimum Gasteiger partial charge on any atom is -0.0651 e. The predicted octanol–water partition coefficient (Wildman–Crippen LogP) is 3.08. The first-order chi connectivity index (χ1) is 3.66. The summed E-state index contributed by atoms with van der Waals surface area (Å²) in [6, 6.07) is 0. The van der Waals surface area contributed by atoms with Gasteiger partial charge in [0.15, 0.2) is 0 Å². The van der Waals surface area contributed by atoms with Crippen molar-refractivity contribution >= 4 is 0 Å². The van der Waals surface area contributed by atoms with Gasteiger partial charge in [-0.15, -0.1) is 0 Å². The van der Waals surface area contributed by atoms with Crippen LogP contribution >= 0.6 is 0 Å². The van der Waals surface area contributed by atoms with Crippen molar-refractivity contribution in [3.05, 3.63) is 0 Å². The molecule has 0 saturated heterocycles. The zero-order valence-electron chi connectivity index (χ0n) is 6.57. The molecular weight excluding hydrogens is 96.1 g/mol. The third kappa shape index (κ3) is 4.17. The average molecular weight is 114 g/mol. The molecule has 0 spiro atoms. The SMILES string of the molecule is CCC(C)CC(C)C. The van der Waals surface area contributed by atoms with Gasteiger partial charge in [-0.2, -0.15) is 0 Å². The zero-order valence-corrected chi connectivity index (χ0v) is 6.57. The molecule has 0 aliphatic carbocycles. The first-order valence-electron chi connectivity index (χ1n) is 3.66. The maximum Gasteiger partial charge on any atom is -0.0443 e. The molecule has 0 saturated carbocycles. The van der Waals surface area contributed by atoms with Crippen molar-refractivity contribution in [2.24, 2.45) is 11.8 Å². The third-order valence-electron chi connectivity index (χ3n) is 1.57. The molecule has 8 heavy (non-hydrogen) atoms. The fourth-order valence-corrected chi connectivity index (χ4v) is 0.971. The Morgan fingerprint density at radius 1 is 1.12 bits per heavy atom. The van der Waals surface area contributed by atoms with E-state index in [9.17, 15) is 0 Å². The molecule has 0 heterocycles. The van der Waals surface area contributed by atoms with Crippen LogP contribution in [-0.2, 0) is 0 Å². The maximum absolute atomic E-state index is 2.32. The molecule has 1 atom stereocenters. The van der Waals surface area contributed by atoms with Gasteiger partial charge in [0.05, 0.1) is 0 Å². The van der Waals surface area contributed by atoms with Gasteiger partial charge in [0.25, 0.3) is 0 Å². The van der Waals surface area contributed by atoms with E-state index in [2.05, 4.69) is 27.7 Å². The molecule has 0 amide bonds. The number of hydrogen-bond donors (Lipinski definition) is 0. The summed E-state index contributed by atoms with van der Waals surface area (Å²) in [6.07, 6.45) is 2.72. The van der Waals surface area contributed by atoms with E-state index in [0.717, 1.165) is 11.8 Å². The Kier molecular flexibility index (Phi) is 3.94. The first-order valence-corrected chi connectivity index (χ1v) is 3.66. The van der Waals surface area contributed by atoms with Crippen LogP contribution in [0.25, 0.3) is 0 Å². The van der Waals surface area contributed by atoms with Crippen molar-refractivity contribution in [3.8, 4) is 0 Å². The van der Waals surface area contributed by atoms with Crippen LogP contribution in [0.5, 0.6) is 0 Å². The minimum atomic E-state index is 0.880. The standard InChI is InChI=1S/C8H18/c1-5-8(4)6-7(2)3/h7-8H,5-6H2,1-4H3. The van der Waals surface area contributed by atoms with Crippen molar-refractivity contribution in [2.75, 3.05) is 0 Å². The summed E-state index contributed by atoms with van der Waals surface area (Å²) in [6.45, 7) is 9.14. The molecule has 0 heteroatoms. The van der Waals surface area contributed by atoms with Gasteiger partial charge in [-0.25, -0.2) is 0 Å². The molecule has 0 aromatic rings. The van der Waals surface area contributed by atoms with Crippen LogP contribution in [0, 0.1) is 11.8 Å². The summed E-state index contributed by atoms with van der Waals surface area (Å²) in [5.74, 6) is 1.81. The Labute approximate surface area is 53.3 Å². The van der Waals surface area contributed by atoms with Gasteiger partial charge in [-0.05, 0) is 18.3 Å². The Morgan fingerprint density at radius 3 is 1.75 bits per heavy atom. The molecule has 0 aliphatic heterocycles. The van der Waals surface area contributed by atoms with Crippen LogP contribution in [0.15, 0.2) is 0 Å². The zero-order chi connectivity index (χ0) is 6.57. The van der Waals surface area contributed by atoms with Crippen molar-refractivity contribution in [3.63, 3.8) is 0 Å². The molecule has 0 radical (unpaired) electrons. The molecule has 0 aromatic heterocycles. The van der Waals surface area contributed by atoms with E-state index in [-0.39, 0.29) is 0 Å². The summed E-state index contributed by atoms with van der Waals surface area (Å²) in [5, 5.41) is 0. The Morgan fingerprint density at radius 2 is 1.62 bits per heavy atom. The smallest absolute Gasteiger partial charge is 0.0443 e. The predicted molar refractivity (Wildman–Crippen MR) is 38.9 cm³/mol. The Balaban J connectivity index is 3.10. The van der Waals surface area contributed by atoms with Crippen molar-refractivity contribution in [1.82, 2.24) is 0 Å². The van der Waals surface area contributed by atoms with Crippen molar-refractivity contribution in [2.45, 2.75) is 40.5 Å². The van der Waals surface area contributed by atoms with Gasteiger partial charge in [0, 0.05) is 0 Å². The molecule has 0 aromatic carbocycles. The van der Waals surface area contributed by atoms with E-state index in [1.54, 1.807) is 0 Å². The van der Waals surface area contributed by atoms with Crippen LogP contribution in [0.1, 0.15) is 40.5 Å². The van der Waals surface area contributed by atoms with E-state index < -0.39 is 0 Å². The Bertz CT molecular complexity index is 46.0. The lowest BCUT2D eigenvalue weighted by Gasteiger charge is -2.09. The van der Waals surface area contributed by atoms with Crippen molar-refractivity contribution in [1.29, 1.82) is 0 Å². The quantitative estimate of drug-likeness (QED) is 0.529. The summed E-state index contributed by atoms with van der Waals surface area (Å²) >= 11 is 0. The summed E-state index contributed by atoms with van der Waals surface area (Å²) in [7, 11) is 0. The first kappa shape index (κ1) is 8.00. The summed E-state index contributed by atoms with van der Waals surface area (Å²) < 4.78 is 0. The lowest BCUT2D eigenvalue weighted by Crippen LogP contribution is -1.97. The van der Waals surface area contributed by atoms with E-state index in [1.807, 2.05) is 0 Å². The van der Waals surface area contributed by atoms with Gasteiger partial charge in [0.1, 0.15) is 0 Å². The number of rotatable bonds is 3. The topological polar surface area (TPSA) is 0 Å². The molecule has 1 unspecified atom stereocenters. The molecule has 0 nitrogen and oxygen atoms in total. The molecule has 0 bridgehead atoms. The molecule has 50 valence electrons. The molecule has 0 aliphatic rings. The van der Waals surface area contributed by atoms with E-state index in [1.165, 1.54) is 12.8 Å².